The Labute approximate surface area is 164 Å². The molecule has 1 amide bonds. The summed E-state index contributed by atoms with van der Waals surface area (Å²) in [5, 5.41) is 7.41. The van der Waals surface area contributed by atoms with Gasteiger partial charge >= 0.3 is 0 Å². The Balaban J connectivity index is 1.42. The van der Waals surface area contributed by atoms with Crippen LogP contribution in [0.1, 0.15) is 42.6 Å². The van der Waals surface area contributed by atoms with Crippen LogP contribution in [0.15, 0.2) is 66.5 Å². The average Bonchev–Trinajstić information content (AvgIpc) is 2.75. The molecule has 3 aromatic rings. The molecule has 28 heavy (non-hydrogen) atoms. The zero-order chi connectivity index (χ0) is 19.2. The molecule has 1 aromatic carbocycles. The highest BCUT2D eigenvalue weighted by Gasteiger charge is 2.10. The van der Waals surface area contributed by atoms with Crippen molar-refractivity contribution in [1.29, 1.82) is 0 Å². The van der Waals surface area contributed by atoms with Gasteiger partial charge in [0.05, 0.1) is 11.2 Å². The fraction of sp³-hybridized carbons (Fsp3) is 0.261. The molecular weight excluding hydrogens is 348 g/mol. The van der Waals surface area contributed by atoms with E-state index in [1.807, 2.05) is 36.4 Å². The van der Waals surface area contributed by atoms with Gasteiger partial charge in [-0.25, -0.2) is 0 Å². The van der Waals surface area contributed by atoms with Crippen LogP contribution in [0, 0.1) is 0 Å². The number of aromatic nitrogens is 2. The van der Waals surface area contributed by atoms with Gasteiger partial charge in [0.15, 0.2) is 0 Å². The number of fused-ring (bicyclic) bond motifs is 1. The molecule has 2 aromatic heterocycles. The van der Waals surface area contributed by atoms with E-state index in [2.05, 4.69) is 26.7 Å². The van der Waals surface area contributed by atoms with Crippen molar-refractivity contribution in [3.8, 4) is 0 Å². The van der Waals surface area contributed by atoms with E-state index < -0.39 is 0 Å². The third-order valence-corrected chi connectivity index (χ3v) is 5.02. The molecule has 0 spiro atoms. The van der Waals surface area contributed by atoms with Gasteiger partial charge in [0, 0.05) is 30.0 Å². The molecule has 2 N–H and O–H groups in total. The second-order valence-electron chi connectivity index (χ2n) is 7.05. The van der Waals surface area contributed by atoms with Crippen LogP contribution in [0.2, 0.25) is 0 Å². The monoisotopic (exact) mass is 372 g/mol. The number of amides is 1. The minimum Gasteiger partial charge on any atom is -0.354 e. The molecule has 2 heterocycles. The van der Waals surface area contributed by atoms with Crippen molar-refractivity contribution < 1.29 is 4.79 Å². The Bertz CT molecular complexity index is 1010. The number of rotatable bonds is 6. The van der Waals surface area contributed by atoms with Crippen molar-refractivity contribution in [1.82, 2.24) is 15.3 Å². The molecule has 0 aliphatic heterocycles. The molecule has 1 aliphatic rings. The molecule has 5 heteroatoms. The quantitative estimate of drug-likeness (QED) is 0.598. The van der Waals surface area contributed by atoms with Crippen molar-refractivity contribution in [2.75, 3.05) is 11.9 Å². The highest BCUT2D eigenvalue weighted by molar-refractivity contribution is 5.95. The molecule has 142 valence electrons. The summed E-state index contributed by atoms with van der Waals surface area (Å²) < 4.78 is 0. The first-order chi connectivity index (χ1) is 13.8. The third-order valence-electron chi connectivity index (χ3n) is 5.02. The zero-order valence-electron chi connectivity index (χ0n) is 15.8. The lowest BCUT2D eigenvalue weighted by molar-refractivity contribution is 0.0949. The summed E-state index contributed by atoms with van der Waals surface area (Å²) in [6, 6.07) is 13.6. The first kappa shape index (κ1) is 18.2. The van der Waals surface area contributed by atoms with Gasteiger partial charge in [-0.05, 0) is 56.4 Å². The second-order valence-corrected chi connectivity index (χ2v) is 7.05. The van der Waals surface area contributed by atoms with Crippen LogP contribution in [0.3, 0.4) is 0 Å². The number of hydrogen-bond donors (Lipinski definition) is 2. The molecule has 0 unspecified atom stereocenters. The third kappa shape index (κ3) is 4.36. The van der Waals surface area contributed by atoms with Crippen LogP contribution in [0.5, 0.6) is 0 Å². The van der Waals surface area contributed by atoms with E-state index in [0.717, 1.165) is 35.1 Å². The van der Waals surface area contributed by atoms with Gasteiger partial charge in [-0.3, -0.25) is 14.8 Å². The van der Waals surface area contributed by atoms with Crippen LogP contribution in [0.25, 0.3) is 10.9 Å². The largest absolute Gasteiger partial charge is 0.354 e. The molecule has 4 rings (SSSR count). The lowest BCUT2D eigenvalue weighted by Crippen LogP contribution is -2.25. The Morgan fingerprint density at radius 3 is 2.86 bits per heavy atom. The summed E-state index contributed by atoms with van der Waals surface area (Å²) in [4.78, 5) is 21.2. The van der Waals surface area contributed by atoms with E-state index in [4.69, 9.17) is 0 Å². The van der Waals surface area contributed by atoms with E-state index in [9.17, 15) is 4.79 Å². The molecule has 1 aliphatic carbocycles. The Hall–Kier alpha value is -3.21. The van der Waals surface area contributed by atoms with Gasteiger partial charge in [-0.15, -0.1) is 0 Å². The van der Waals surface area contributed by atoms with Gasteiger partial charge in [0.25, 0.3) is 5.91 Å². The Morgan fingerprint density at radius 1 is 1.04 bits per heavy atom. The summed E-state index contributed by atoms with van der Waals surface area (Å²) in [7, 11) is 0. The Morgan fingerprint density at radius 2 is 1.96 bits per heavy atom. The van der Waals surface area contributed by atoms with Crippen molar-refractivity contribution in [2.24, 2.45) is 0 Å². The number of allylic oxidation sites excluding steroid dienone is 1. The minimum absolute atomic E-state index is 0.142. The lowest BCUT2D eigenvalue weighted by Gasteiger charge is -2.13. The number of hydrogen-bond acceptors (Lipinski definition) is 4. The van der Waals surface area contributed by atoms with Crippen LogP contribution in [0.4, 0.5) is 11.4 Å². The number of nitrogens with one attached hydrogen (secondary N) is 2. The van der Waals surface area contributed by atoms with Crippen LogP contribution < -0.4 is 10.6 Å². The molecule has 0 bridgehead atoms. The standard InChI is InChI=1S/C23H24N4O/c28-23(26-14-11-17-6-2-1-3-7-17)21-16-19(12-15-24-21)27-20-10-4-8-18-9-5-13-25-22(18)20/h4-6,8-10,12-13,15-16H,1-3,7,11,14H2,(H,24,27)(H,26,28). The Kier molecular flexibility index (Phi) is 5.61. The predicted octanol–water partition coefficient (Wildman–Crippen LogP) is 4.99. The number of pyridine rings is 2. The fourth-order valence-electron chi connectivity index (χ4n) is 3.55. The van der Waals surface area contributed by atoms with Crippen molar-refractivity contribution in [3.63, 3.8) is 0 Å². The van der Waals surface area contributed by atoms with Gasteiger partial charge in [-0.2, -0.15) is 0 Å². The summed E-state index contributed by atoms with van der Waals surface area (Å²) in [6.45, 7) is 0.650. The summed E-state index contributed by atoms with van der Waals surface area (Å²) >= 11 is 0. The number of benzene rings is 1. The topological polar surface area (TPSA) is 66.9 Å². The van der Waals surface area contributed by atoms with E-state index >= 15 is 0 Å². The maximum absolute atomic E-state index is 12.5. The van der Waals surface area contributed by atoms with Crippen molar-refractivity contribution in [2.45, 2.75) is 32.1 Å². The molecular formula is C23H24N4O. The fourth-order valence-corrected chi connectivity index (χ4v) is 3.55. The molecule has 5 nitrogen and oxygen atoms in total. The second kappa shape index (κ2) is 8.65. The molecule has 0 radical (unpaired) electrons. The maximum Gasteiger partial charge on any atom is 0.269 e. The van der Waals surface area contributed by atoms with E-state index in [1.165, 1.54) is 24.8 Å². The molecule has 0 saturated heterocycles. The van der Waals surface area contributed by atoms with E-state index in [-0.39, 0.29) is 5.91 Å². The SMILES string of the molecule is O=C(NCCC1=CCCCC1)c1cc(Nc2cccc3cccnc23)ccn1. The summed E-state index contributed by atoms with van der Waals surface area (Å²) in [5.41, 5.74) is 4.48. The molecule has 0 atom stereocenters. The number of nitrogens with zero attached hydrogens (tertiary/aromatic N) is 2. The molecule has 0 saturated carbocycles. The summed E-state index contributed by atoms with van der Waals surface area (Å²) in [5.74, 6) is -0.142. The van der Waals surface area contributed by atoms with E-state index in [0.29, 0.717) is 12.2 Å². The van der Waals surface area contributed by atoms with Crippen LogP contribution in [-0.2, 0) is 0 Å². The van der Waals surface area contributed by atoms with Crippen LogP contribution in [-0.4, -0.2) is 22.4 Å². The van der Waals surface area contributed by atoms with Gasteiger partial charge in [0.1, 0.15) is 5.69 Å². The lowest BCUT2D eigenvalue weighted by atomic mass is 9.97. The van der Waals surface area contributed by atoms with Crippen LogP contribution >= 0.6 is 0 Å². The number of anilines is 2. The zero-order valence-corrected chi connectivity index (χ0v) is 15.8. The minimum atomic E-state index is -0.142. The van der Waals surface area contributed by atoms with Gasteiger partial charge in [0.2, 0.25) is 0 Å². The van der Waals surface area contributed by atoms with Crippen molar-refractivity contribution >= 4 is 28.2 Å². The smallest absolute Gasteiger partial charge is 0.269 e. The average molecular weight is 372 g/mol. The number of para-hydroxylation sites is 1. The first-order valence-electron chi connectivity index (χ1n) is 9.82. The maximum atomic E-state index is 12.5. The first-order valence-corrected chi connectivity index (χ1v) is 9.82. The predicted molar refractivity (Wildman–Crippen MR) is 113 cm³/mol. The van der Waals surface area contributed by atoms with Gasteiger partial charge in [-0.1, -0.05) is 29.8 Å². The highest BCUT2D eigenvalue weighted by Crippen LogP contribution is 2.24. The van der Waals surface area contributed by atoms with Crippen molar-refractivity contribution in [3.05, 3.63) is 72.2 Å². The number of carbonyl (C=O) groups excluding carboxylic acids is 1. The summed E-state index contributed by atoms with van der Waals surface area (Å²) in [6.07, 6.45) is 11.5. The van der Waals surface area contributed by atoms with E-state index in [1.54, 1.807) is 18.5 Å². The highest BCUT2D eigenvalue weighted by atomic mass is 16.1. The normalized spacial score (nSPS) is 13.8. The number of carbonyl (C=O) groups is 1. The molecule has 0 fully saturated rings. The van der Waals surface area contributed by atoms with Gasteiger partial charge < -0.3 is 10.6 Å².